The van der Waals surface area contributed by atoms with Crippen LogP contribution in [0.3, 0.4) is 0 Å². The number of fused-ring (bicyclic) bond motifs is 1. The third kappa shape index (κ3) is 3.00. The van der Waals surface area contributed by atoms with Crippen LogP contribution in [0.5, 0.6) is 0 Å². The Balaban J connectivity index is 1.73. The molecule has 0 N–H and O–H groups in total. The van der Waals surface area contributed by atoms with Crippen molar-refractivity contribution in [3.63, 3.8) is 0 Å². The lowest BCUT2D eigenvalue weighted by molar-refractivity contribution is -0.0198. The summed E-state index contributed by atoms with van der Waals surface area (Å²) >= 11 is 0. The van der Waals surface area contributed by atoms with E-state index in [2.05, 4.69) is 64.1 Å². The lowest BCUT2D eigenvalue weighted by atomic mass is 9.48. The number of hydrogen-bond donors (Lipinski definition) is 0. The van der Waals surface area contributed by atoms with E-state index in [1.165, 1.54) is 50.5 Å². The van der Waals surface area contributed by atoms with Gasteiger partial charge in [-0.2, -0.15) is 0 Å². The summed E-state index contributed by atoms with van der Waals surface area (Å²) in [4.78, 5) is 0. The Bertz CT molecular complexity index is 694. The average Bonchev–Trinajstić information content (AvgIpc) is 2.64. The summed E-state index contributed by atoms with van der Waals surface area (Å²) in [7, 11) is 0. The van der Waals surface area contributed by atoms with E-state index in [1.54, 1.807) is 16.7 Å². The van der Waals surface area contributed by atoms with E-state index in [1.807, 2.05) is 0 Å². The molecule has 0 bridgehead atoms. The Labute approximate surface area is 160 Å². The zero-order valence-corrected chi connectivity index (χ0v) is 17.2. The highest BCUT2D eigenvalue weighted by Crippen LogP contribution is 2.62. The second-order valence-electron chi connectivity index (χ2n) is 9.64. The van der Waals surface area contributed by atoms with Crippen molar-refractivity contribution < 1.29 is 0 Å². The van der Waals surface area contributed by atoms with Crippen LogP contribution in [-0.4, -0.2) is 0 Å². The molecule has 26 heavy (non-hydrogen) atoms. The van der Waals surface area contributed by atoms with Gasteiger partial charge in [-0.05, 0) is 84.0 Å². The Morgan fingerprint density at radius 1 is 1.04 bits per heavy atom. The standard InChI is InChI=1S/C26H36/c1-5-26(16-19(4)17-26)24-15-14-21-8-6-7-9-23(21)25(24)22-12-10-20(11-13-22)18(2)3/h8-13,18-19,24-25H,5-7,14-17H2,1-4H3. The zero-order valence-electron chi connectivity index (χ0n) is 17.2. The third-order valence-electron chi connectivity index (χ3n) is 7.72. The quantitative estimate of drug-likeness (QED) is 0.521. The lowest BCUT2D eigenvalue weighted by Crippen LogP contribution is -2.46. The molecule has 3 aliphatic rings. The minimum atomic E-state index is 0.588. The van der Waals surface area contributed by atoms with E-state index >= 15 is 0 Å². The predicted octanol–water partition coefficient (Wildman–Crippen LogP) is 7.78. The lowest BCUT2D eigenvalue weighted by Gasteiger charge is -2.56. The summed E-state index contributed by atoms with van der Waals surface area (Å²) in [6.07, 6.45) is 14.6. The average molecular weight is 349 g/mol. The summed E-state index contributed by atoms with van der Waals surface area (Å²) in [5.74, 6) is 3.00. The van der Waals surface area contributed by atoms with Crippen molar-refractivity contribution in [2.45, 2.75) is 84.5 Å². The molecule has 0 saturated heterocycles. The minimum Gasteiger partial charge on any atom is -0.0807 e. The van der Waals surface area contributed by atoms with Crippen LogP contribution < -0.4 is 0 Å². The molecule has 0 heterocycles. The van der Waals surface area contributed by atoms with Crippen LogP contribution in [0.15, 0.2) is 47.6 Å². The molecule has 140 valence electrons. The summed E-state index contributed by atoms with van der Waals surface area (Å²) < 4.78 is 0. The predicted molar refractivity (Wildman–Crippen MR) is 113 cm³/mol. The van der Waals surface area contributed by atoms with E-state index in [4.69, 9.17) is 0 Å². The number of benzene rings is 1. The van der Waals surface area contributed by atoms with Gasteiger partial charge in [0.05, 0.1) is 0 Å². The molecule has 2 saturated carbocycles. The smallest absolute Gasteiger partial charge is 0.0122 e. The van der Waals surface area contributed by atoms with Crippen LogP contribution in [0.1, 0.15) is 95.6 Å². The van der Waals surface area contributed by atoms with E-state index in [0.29, 0.717) is 17.3 Å². The Morgan fingerprint density at radius 3 is 2.35 bits per heavy atom. The van der Waals surface area contributed by atoms with Gasteiger partial charge in [-0.3, -0.25) is 0 Å². The van der Waals surface area contributed by atoms with Crippen LogP contribution in [0.2, 0.25) is 0 Å². The molecule has 0 radical (unpaired) electrons. The molecule has 1 aromatic rings. The topological polar surface area (TPSA) is 0 Å². The highest BCUT2D eigenvalue weighted by molar-refractivity contribution is 5.47. The molecule has 2 fully saturated rings. The summed E-state index contributed by atoms with van der Waals surface area (Å²) in [6, 6.07) is 9.69. The number of hydrogen-bond acceptors (Lipinski definition) is 0. The van der Waals surface area contributed by atoms with Gasteiger partial charge in [0.2, 0.25) is 0 Å². The van der Waals surface area contributed by atoms with Gasteiger partial charge < -0.3 is 0 Å². The van der Waals surface area contributed by atoms with Crippen molar-refractivity contribution in [1.29, 1.82) is 0 Å². The van der Waals surface area contributed by atoms with Crippen molar-refractivity contribution in [2.75, 3.05) is 0 Å². The SMILES string of the molecule is CCC1(C2CCC3=CCCC=C3C2c2ccc(C(C)C)cc2)CC(C)C1. The molecule has 2 unspecified atom stereocenters. The second kappa shape index (κ2) is 7.02. The normalized spacial score (nSPS) is 34.0. The van der Waals surface area contributed by atoms with E-state index in [0.717, 1.165) is 11.8 Å². The van der Waals surface area contributed by atoms with Crippen molar-refractivity contribution in [3.8, 4) is 0 Å². The van der Waals surface area contributed by atoms with Crippen molar-refractivity contribution in [2.24, 2.45) is 17.3 Å². The molecule has 0 aromatic heterocycles. The van der Waals surface area contributed by atoms with E-state index < -0.39 is 0 Å². The van der Waals surface area contributed by atoms with Gasteiger partial charge in [-0.15, -0.1) is 0 Å². The molecule has 0 nitrogen and oxygen atoms in total. The zero-order chi connectivity index (χ0) is 18.3. The first-order valence-corrected chi connectivity index (χ1v) is 11.0. The maximum absolute atomic E-state index is 2.59. The molecule has 0 heteroatoms. The molecule has 1 aromatic carbocycles. The number of allylic oxidation sites excluding steroid dienone is 4. The Morgan fingerprint density at radius 2 is 1.73 bits per heavy atom. The largest absolute Gasteiger partial charge is 0.0807 e. The van der Waals surface area contributed by atoms with Crippen LogP contribution in [-0.2, 0) is 0 Å². The Kier molecular flexibility index (Phi) is 4.88. The number of rotatable bonds is 4. The molecular formula is C26H36. The van der Waals surface area contributed by atoms with Crippen molar-refractivity contribution in [1.82, 2.24) is 0 Å². The first-order valence-electron chi connectivity index (χ1n) is 11.0. The molecule has 0 amide bonds. The van der Waals surface area contributed by atoms with Crippen LogP contribution >= 0.6 is 0 Å². The first-order chi connectivity index (χ1) is 12.5. The van der Waals surface area contributed by atoms with Gasteiger partial charge in [-0.1, -0.05) is 70.5 Å². The van der Waals surface area contributed by atoms with Gasteiger partial charge in [0.1, 0.15) is 0 Å². The van der Waals surface area contributed by atoms with Crippen LogP contribution in [0, 0.1) is 17.3 Å². The second-order valence-corrected chi connectivity index (χ2v) is 9.64. The molecule has 0 spiro atoms. The van der Waals surface area contributed by atoms with Gasteiger partial charge >= 0.3 is 0 Å². The maximum atomic E-state index is 2.59. The highest BCUT2D eigenvalue weighted by Gasteiger charge is 2.51. The van der Waals surface area contributed by atoms with Crippen LogP contribution in [0.4, 0.5) is 0 Å². The summed E-state index contributed by atoms with van der Waals surface area (Å²) in [5, 5.41) is 0. The molecule has 2 atom stereocenters. The van der Waals surface area contributed by atoms with Gasteiger partial charge in [0, 0.05) is 5.92 Å². The summed E-state index contributed by atoms with van der Waals surface area (Å²) in [6.45, 7) is 9.50. The molecule has 4 rings (SSSR count). The minimum absolute atomic E-state index is 0.588. The molecule has 3 aliphatic carbocycles. The van der Waals surface area contributed by atoms with Gasteiger partial charge in [-0.25, -0.2) is 0 Å². The van der Waals surface area contributed by atoms with Crippen molar-refractivity contribution >= 4 is 0 Å². The monoisotopic (exact) mass is 348 g/mol. The maximum Gasteiger partial charge on any atom is 0.0122 e. The fourth-order valence-corrected chi connectivity index (χ4v) is 6.35. The van der Waals surface area contributed by atoms with E-state index in [9.17, 15) is 0 Å². The van der Waals surface area contributed by atoms with Gasteiger partial charge in [0.25, 0.3) is 0 Å². The summed E-state index contributed by atoms with van der Waals surface area (Å²) in [5.41, 5.74) is 6.99. The molecule has 0 aliphatic heterocycles. The fraction of sp³-hybridized carbons (Fsp3) is 0.615. The fourth-order valence-electron chi connectivity index (χ4n) is 6.35. The van der Waals surface area contributed by atoms with Gasteiger partial charge in [0.15, 0.2) is 0 Å². The highest BCUT2D eigenvalue weighted by atomic mass is 14.6. The first kappa shape index (κ1) is 18.1. The van der Waals surface area contributed by atoms with Crippen molar-refractivity contribution in [3.05, 3.63) is 58.7 Å². The molecular weight excluding hydrogens is 312 g/mol. The van der Waals surface area contributed by atoms with E-state index in [-0.39, 0.29) is 0 Å². The third-order valence-corrected chi connectivity index (χ3v) is 7.72. The Hall–Kier alpha value is -1.30. The van der Waals surface area contributed by atoms with Crippen LogP contribution in [0.25, 0.3) is 0 Å².